The van der Waals surface area contributed by atoms with Crippen molar-refractivity contribution in [2.45, 2.75) is 25.1 Å². The molecule has 4 N–H and O–H groups in total. The van der Waals surface area contributed by atoms with Crippen LogP contribution in [-0.4, -0.2) is 38.3 Å². The van der Waals surface area contributed by atoms with E-state index in [1.807, 2.05) is 0 Å². The van der Waals surface area contributed by atoms with E-state index in [9.17, 15) is 24.2 Å². The number of amides is 1. The zero-order chi connectivity index (χ0) is 18.8. The van der Waals surface area contributed by atoms with Crippen LogP contribution in [-0.2, 0) is 13.6 Å². The molecule has 0 aliphatic carbocycles. The lowest BCUT2D eigenvalue weighted by atomic mass is 10.1. The second-order valence-electron chi connectivity index (χ2n) is 6.19. The van der Waals surface area contributed by atoms with E-state index < -0.39 is 29.4 Å². The molecule has 3 rings (SSSR count). The van der Waals surface area contributed by atoms with Crippen LogP contribution in [0.5, 0.6) is 5.75 Å². The SMILES string of the molecule is Cn1c([C@@H]2C[C@@H](O)CN2)nc(C(=O)NCc2ccc(F)cc2)c(O)c1=O. The molecule has 8 nitrogen and oxygen atoms in total. The maximum Gasteiger partial charge on any atom is 0.296 e. The Balaban J connectivity index is 1.84. The van der Waals surface area contributed by atoms with Crippen molar-refractivity contribution >= 4 is 5.91 Å². The van der Waals surface area contributed by atoms with Gasteiger partial charge in [-0.2, -0.15) is 0 Å². The van der Waals surface area contributed by atoms with E-state index >= 15 is 0 Å². The summed E-state index contributed by atoms with van der Waals surface area (Å²) in [6.45, 7) is 0.443. The first-order valence-electron chi connectivity index (χ1n) is 8.10. The van der Waals surface area contributed by atoms with Crippen LogP contribution in [0.1, 0.15) is 34.3 Å². The third-order valence-corrected chi connectivity index (χ3v) is 4.30. The first-order chi connectivity index (χ1) is 12.4. The molecule has 1 aromatic heterocycles. The topological polar surface area (TPSA) is 116 Å². The van der Waals surface area contributed by atoms with Crippen molar-refractivity contribution in [3.63, 3.8) is 0 Å². The van der Waals surface area contributed by atoms with Gasteiger partial charge in [-0.3, -0.25) is 14.2 Å². The predicted molar refractivity (Wildman–Crippen MR) is 90.1 cm³/mol. The summed E-state index contributed by atoms with van der Waals surface area (Å²) in [5.74, 6) is -1.59. The summed E-state index contributed by atoms with van der Waals surface area (Å²) >= 11 is 0. The van der Waals surface area contributed by atoms with Gasteiger partial charge in [-0.1, -0.05) is 12.1 Å². The number of hydrogen-bond acceptors (Lipinski definition) is 6. The Morgan fingerprint density at radius 2 is 2.12 bits per heavy atom. The van der Waals surface area contributed by atoms with Crippen LogP contribution < -0.4 is 16.2 Å². The number of rotatable bonds is 4. The molecule has 1 amide bonds. The summed E-state index contributed by atoms with van der Waals surface area (Å²) in [4.78, 5) is 28.7. The van der Waals surface area contributed by atoms with Crippen molar-refractivity contribution in [2.24, 2.45) is 7.05 Å². The number of nitrogens with zero attached hydrogens (tertiary/aromatic N) is 2. The molecule has 138 valence electrons. The molecular formula is C17H19FN4O4. The summed E-state index contributed by atoms with van der Waals surface area (Å²) in [6.07, 6.45) is -0.219. The number of aliphatic hydroxyl groups excluding tert-OH is 1. The molecule has 1 saturated heterocycles. The summed E-state index contributed by atoms with van der Waals surface area (Å²) in [5, 5.41) is 25.2. The monoisotopic (exact) mass is 362 g/mol. The van der Waals surface area contributed by atoms with Gasteiger partial charge in [-0.25, -0.2) is 9.37 Å². The average Bonchev–Trinajstić information content (AvgIpc) is 3.05. The van der Waals surface area contributed by atoms with Crippen molar-refractivity contribution in [3.05, 3.63) is 57.5 Å². The van der Waals surface area contributed by atoms with E-state index in [0.717, 1.165) is 4.57 Å². The smallest absolute Gasteiger partial charge is 0.296 e. The minimum Gasteiger partial charge on any atom is -0.501 e. The number of halogens is 1. The number of carbonyl (C=O) groups excluding carboxylic acids is 1. The van der Waals surface area contributed by atoms with Crippen molar-refractivity contribution in [2.75, 3.05) is 6.54 Å². The lowest BCUT2D eigenvalue weighted by Gasteiger charge is -2.16. The number of aromatic nitrogens is 2. The normalized spacial score (nSPS) is 19.5. The van der Waals surface area contributed by atoms with Crippen molar-refractivity contribution in [3.8, 4) is 5.75 Å². The molecule has 2 aromatic rings. The lowest BCUT2D eigenvalue weighted by Crippen LogP contribution is -2.32. The van der Waals surface area contributed by atoms with Crippen LogP contribution in [0.2, 0.25) is 0 Å². The molecule has 0 bridgehead atoms. The highest BCUT2D eigenvalue weighted by atomic mass is 19.1. The molecule has 2 heterocycles. The van der Waals surface area contributed by atoms with Crippen LogP contribution in [0, 0.1) is 5.82 Å². The number of benzene rings is 1. The molecule has 0 spiro atoms. The first kappa shape index (κ1) is 18.0. The van der Waals surface area contributed by atoms with Crippen LogP contribution >= 0.6 is 0 Å². The third-order valence-electron chi connectivity index (χ3n) is 4.30. The predicted octanol–water partition coefficient (Wildman–Crippen LogP) is -0.0497. The quantitative estimate of drug-likeness (QED) is 0.606. The minimum atomic E-state index is -0.745. The number of carbonyl (C=O) groups is 1. The molecule has 9 heteroatoms. The molecule has 1 aromatic carbocycles. The van der Waals surface area contributed by atoms with Gasteiger partial charge in [-0.05, 0) is 24.1 Å². The number of hydrogen-bond donors (Lipinski definition) is 4. The van der Waals surface area contributed by atoms with Gasteiger partial charge in [0.1, 0.15) is 11.6 Å². The second kappa shape index (κ2) is 7.22. The zero-order valence-corrected chi connectivity index (χ0v) is 14.1. The number of aliphatic hydroxyl groups is 1. The van der Waals surface area contributed by atoms with E-state index in [1.165, 1.54) is 31.3 Å². The van der Waals surface area contributed by atoms with Gasteiger partial charge in [0.2, 0.25) is 5.75 Å². The lowest BCUT2D eigenvalue weighted by molar-refractivity contribution is 0.0941. The maximum atomic E-state index is 12.9. The third kappa shape index (κ3) is 3.58. The first-order valence-corrected chi connectivity index (χ1v) is 8.10. The van der Waals surface area contributed by atoms with Crippen LogP contribution in [0.15, 0.2) is 29.1 Å². The van der Waals surface area contributed by atoms with Crippen molar-refractivity contribution in [1.29, 1.82) is 0 Å². The molecular weight excluding hydrogens is 343 g/mol. The number of β-amino-alcohol motifs (C(OH)–C–C–N with tert-alkyl or cyclic N) is 1. The molecule has 0 saturated carbocycles. The highest BCUT2D eigenvalue weighted by Crippen LogP contribution is 2.22. The Morgan fingerprint density at radius 3 is 2.73 bits per heavy atom. The van der Waals surface area contributed by atoms with E-state index in [-0.39, 0.29) is 23.9 Å². The second-order valence-corrected chi connectivity index (χ2v) is 6.19. The Bertz CT molecular complexity index is 882. The molecule has 1 fully saturated rings. The van der Waals surface area contributed by atoms with E-state index in [0.29, 0.717) is 18.5 Å². The van der Waals surface area contributed by atoms with Crippen LogP contribution in [0.4, 0.5) is 4.39 Å². The molecule has 0 radical (unpaired) electrons. The Kier molecular flexibility index (Phi) is 5.01. The Labute approximate surface area is 148 Å². The summed E-state index contributed by atoms with van der Waals surface area (Å²) in [5.41, 5.74) is -0.470. The van der Waals surface area contributed by atoms with E-state index in [2.05, 4.69) is 15.6 Å². The van der Waals surface area contributed by atoms with Crippen molar-refractivity contribution < 1.29 is 19.4 Å². The fraction of sp³-hybridized carbons (Fsp3) is 0.353. The summed E-state index contributed by atoms with van der Waals surface area (Å²) < 4.78 is 14.1. The van der Waals surface area contributed by atoms with E-state index in [1.54, 1.807) is 0 Å². The number of nitrogens with one attached hydrogen (secondary N) is 2. The Morgan fingerprint density at radius 1 is 1.42 bits per heavy atom. The maximum absolute atomic E-state index is 12.9. The molecule has 1 aliphatic heterocycles. The minimum absolute atomic E-state index is 0.0885. The van der Waals surface area contributed by atoms with Gasteiger partial charge >= 0.3 is 0 Å². The highest BCUT2D eigenvalue weighted by molar-refractivity contribution is 5.94. The molecule has 2 atom stereocenters. The van der Waals surface area contributed by atoms with Gasteiger partial charge in [0.05, 0.1) is 12.1 Å². The van der Waals surface area contributed by atoms with E-state index in [4.69, 9.17) is 0 Å². The van der Waals surface area contributed by atoms with Crippen molar-refractivity contribution in [1.82, 2.24) is 20.2 Å². The van der Waals surface area contributed by atoms with Gasteiger partial charge in [-0.15, -0.1) is 0 Å². The van der Waals surface area contributed by atoms with Gasteiger partial charge in [0, 0.05) is 20.1 Å². The standard InChI is InChI=1S/C17H19FN4O4/c1-22-15(12-6-11(23)8-19-12)21-13(14(24)17(22)26)16(25)20-7-9-2-4-10(18)5-3-9/h2-5,11-12,19,23-24H,6-8H2,1H3,(H,20,25)/t11-,12+/m1/s1. The highest BCUT2D eigenvalue weighted by Gasteiger charge is 2.29. The molecule has 0 unspecified atom stereocenters. The largest absolute Gasteiger partial charge is 0.501 e. The van der Waals surface area contributed by atoms with Crippen LogP contribution in [0.25, 0.3) is 0 Å². The van der Waals surface area contributed by atoms with Gasteiger partial charge in [0.25, 0.3) is 11.5 Å². The fourth-order valence-corrected chi connectivity index (χ4v) is 2.86. The molecule has 1 aliphatic rings. The van der Waals surface area contributed by atoms with Crippen LogP contribution in [0.3, 0.4) is 0 Å². The average molecular weight is 362 g/mol. The van der Waals surface area contributed by atoms with Gasteiger partial charge < -0.3 is 20.8 Å². The van der Waals surface area contributed by atoms with Gasteiger partial charge in [0.15, 0.2) is 5.69 Å². The summed E-state index contributed by atoms with van der Waals surface area (Å²) in [7, 11) is 1.44. The molecule has 26 heavy (non-hydrogen) atoms. The zero-order valence-electron chi connectivity index (χ0n) is 14.1. The Hall–Kier alpha value is -2.78. The fourth-order valence-electron chi connectivity index (χ4n) is 2.86. The summed E-state index contributed by atoms with van der Waals surface area (Å²) in [6, 6.07) is 5.17. The number of aromatic hydroxyl groups is 1.